The molecule has 0 aliphatic heterocycles. The third-order valence-corrected chi connectivity index (χ3v) is 3.04. The number of rotatable bonds is 3. The highest BCUT2D eigenvalue weighted by atomic mass is 19.2. The summed E-state index contributed by atoms with van der Waals surface area (Å²) in [5.41, 5.74) is -3.11. The molecule has 2 rings (SSSR count). The van der Waals surface area contributed by atoms with E-state index >= 15 is 0 Å². The molecule has 0 spiro atoms. The second kappa shape index (κ2) is 5.30. The average Bonchev–Trinajstić information content (AvgIpc) is 2.38. The van der Waals surface area contributed by atoms with Crippen molar-refractivity contribution in [2.45, 2.75) is 12.0 Å². The zero-order valence-electron chi connectivity index (χ0n) is 10.5. The summed E-state index contributed by atoms with van der Waals surface area (Å²) in [7, 11) is 0.254. The molecule has 0 aromatic heterocycles. The number of methoxy groups -OCH3 is 1. The number of alkyl halides is 1. The van der Waals surface area contributed by atoms with Crippen molar-refractivity contribution < 1.29 is 26.7 Å². The van der Waals surface area contributed by atoms with Crippen molar-refractivity contribution in [3.05, 3.63) is 47.6 Å². The molecule has 1 atom stereocenters. The molecule has 1 nitrogen and oxygen atoms in total. The molecule has 1 aliphatic carbocycles. The zero-order valence-corrected chi connectivity index (χ0v) is 10.5. The second-order valence-corrected chi connectivity index (χ2v) is 4.53. The normalized spacial score (nSPS) is 21.6. The molecular weight excluding hydrogens is 278 g/mol. The van der Waals surface area contributed by atoms with Crippen molar-refractivity contribution in [3.63, 3.8) is 0 Å². The topological polar surface area (TPSA) is 9.23 Å². The maximum Gasteiger partial charge on any atom is 0.217 e. The fourth-order valence-corrected chi connectivity index (χ4v) is 2.07. The van der Waals surface area contributed by atoms with E-state index in [1.807, 2.05) is 0 Å². The molecule has 1 aliphatic rings. The molecule has 1 aromatic rings. The molecule has 0 saturated heterocycles. The Morgan fingerprint density at radius 1 is 1.20 bits per heavy atom. The smallest absolute Gasteiger partial charge is 0.217 e. The quantitative estimate of drug-likeness (QED) is 0.472. The molecule has 0 saturated carbocycles. The Labute approximate surface area is 113 Å². The van der Waals surface area contributed by atoms with Gasteiger partial charge in [-0.2, -0.15) is 0 Å². The lowest BCUT2D eigenvalue weighted by Crippen LogP contribution is -2.41. The van der Waals surface area contributed by atoms with Gasteiger partial charge in [-0.15, -0.1) is 0 Å². The van der Waals surface area contributed by atoms with Crippen LogP contribution in [0.3, 0.4) is 0 Å². The van der Waals surface area contributed by atoms with Gasteiger partial charge in [-0.25, -0.2) is 22.0 Å². The largest absolute Gasteiger partial charge is 0.494 e. The van der Waals surface area contributed by atoms with E-state index in [1.165, 1.54) is 0 Å². The molecule has 0 heterocycles. The highest BCUT2D eigenvalue weighted by molar-refractivity contribution is 6.57. The van der Waals surface area contributed by atoms with Crippen LogP contribution in [0, 0.1) is 17.5 Å². The van der Waals surface area contributed by atoms with Crippen LogP contribution in [0.25, 0.3) is 0 Å². The van der Waals surface area contributed by atoms with E-state index in [0.29, 0.717) is 6.07 Å². The van der Waals surface area contributed by atoms with E-state index in [2.05, 4.69) is 4.74 Å². The lowest BCUT2D eigenvalue weighted by molar-refractivity contribution is 0.315. The lowest BCUT2D eigenvalue weighted by Gasteiger charge is -2.23. The minimum absolute atomic E-state index is 0.529. The molecular formula is C13H10BF5O. The van der Waals surface area contributed by atoms with Gasteiger partial charge in [0.05, 0.1) is 7.11 Å². The van der Waals surface area contributed by atoms with Crippen LogP contribution in [-0.4, -0.2) is 20.0 Å². The van der Waals surface area contributed by atoms with E-state index < -0.39 is 53.8 Å². The fourth-order valence-electron chi connectivity index (χ4n) is 2.07. The van der Waals surface area contributed by atoms with Crippen LogP contribution < -0.4 is 10.2 Å². The zero-order chi connectivity index (χ0) is 14.9. The Kier molecular flexibility index (Phi) is 3.88. The van der Waals surface area contributed by atoms with E-state index in [1.54, 1.807) is 0 Å². The van der Waals surface area contributed by atoms with E-state index in [-0.39, 0.29) is 0 Å². The molecule has 1 aromatic carbocycles. The molecule has 106 valence electrons. The van der Waals surface area contributed by atoms with Gasteiger partial charge >= 0.3 is 0 Å². The minimum Gasteiger partial charge on any atom is -0.494 e. The molecule has 0 N–H and O–H groups in total. The van der Waals surface area contributed by atoms with Crippen molar-refractivity contribution in [2.75, 3.05) is 7.11 Å². The highest BCUT2D eigenvalue weighted by Crippen LogP contribution is 2.28. The van der Waals surface area contributed by atoms with Crippen LogP contribution in [-0.2, 0) is 0 Å². The van der Waals surface area contributed by atoms with Crippen molar-refractivity contribution in [1.29, 1.82) is 0 Å². The van der Waals surface area contributed by atoms with Gasteiger partial charge in [0.15, 0.2) is 23.2 Å². The first-order valence-electron chi connectivity index (χ1n) is 5.79. The number of halogens is 5. The van der Waals surface area contributed by atoms with Crippen molar-refractivity contribution >= 4 is 12.7 Å². The first-order chi connectivity index (χ1) is 9.36. The number of benzene rings is 1. The van der Waals surface area contributed by atoms with Crippen molar-refractivity contribution in [3.8, 4) is 5.75 Å². The molecule has 7 heteroatoms. The Morgan fingerprint density at radius 2 is 1.90 bits per heavy atom. The monoisotopic (exact) mass is 288 g/mol. The Morgan fingerprint density at radius 3 is 2.50 bits per heavy atom. The van der Waals surface area contributed by atoms with Crippen LogP contribution in [0.2, 0.25) is 0 Å². The van der Waals surface area contributed by atoms with E-state index in [4.69, 9.17) is 0 Å². The molecule has 0 bridgehead atoms. The maximum atomic E-state index is 14.4. The third-order valence-electron chi connectivity index (χ3n) is 3.04. The molecule has 0 radical (unpaired) electrons. The maximum absolute atomic E-state index is 14.4. The number of hydrogen-bond donors (Lipinski definition) is 0. The van der Waals surface area contributed by atoms with Gasteiger partial charge in [-0.3, -0.25) is 0 Å². The fraction of sp³-hybridized carbons (Fsp3) is 0.231. The Hall–Kier alpha value is -1.79. The van der Waals surface area contributed by atoms with Crippen LogP contribution in [0.1, 0.15) is 6.42 Å². The summed E-state index contributed by atoms with van der Waals surface area (Å²) in [5, 5.41) is 0. The molecule has 0 amide bonds. The first-order valence-corrected chi connectivity index (χ1v) is 5.79. The molecule has 20 heavy (non-hydrogen) atoms. The summed E-state index contributed by atoms with van der Waals surface area (Å²) < 4.78 is 72.9. The summed E-state index contributed by atoms with van der Waals surface area (Å²) in [6, 6.07) is 0.538. The van der Waals surface area contributed by atoms with Crippen molar-refractivity contribution in [1.82, 2.24) is 0 Å². The van der Waals surface area contributed by atoms with Gasteiger partial charge in [0.2, 0.25) is 7.28 Å². The number of hydrogen-bond acceptors (Lipinski definition) is 1. The van der Waals surface area contributed by atoms with Gasteiger partial charge in [-0.05, 0) is 11.5 Å². The van der Waals surface area contributed by atoms with E-state index in [0.717, 1.165) is 25.3 Å². The first kappa shape index (κ1) is 14.6. The summed E-state index contributed by atoms with van der Waals surface area (Å²) in [5.74, 6) is -5.31. The second-order valence-electron chi connectivity index (χ2n) is 4.53. The summed E-state index contributed by atoms with van der Waals surface area (Å²) in [6.07, 6.45) is 2.51. The van der Waals surface area contributed by atoms with Gasteiger partial charge in [0.25, 0.3) is 0 Å². The van der Waals surface area contributed by atoms with Gasteiger partial charge in [0.1, 0.15) is 11.4 Å². The number of allylic oxidation sites excluding steroid dienone is 4. The van der Waals surface area contributed by atoms with Crippen LogP contribution in [0.15, 0.2) is 30.1 Å². The summed E-state index contributed by atoms with van der Waals surface area (Å²) >= 11 is 0. The average molecular weight is 288 g/mol. The van der Waals surface area contributed by atoms with Crippen LogP contribution in [0.4, 0.5) is 22.0 Å². The Balaban J connectivity index is 2.41. The third kappa shape index (κ3) is 2.71. The number of ether oxygens (including phenoxy) is 1. The van der Waals surface area contributed by atoms with Gasteiger partial charge in [-0.1, -0.05) is 12.2 Å². The van der Waals surface area contributed by atoms with Gasteiger partial charge < -0.3 is 4.74 Å². The lowest BCUT2D eigenvalue weighted by atomic mass is 9.54. The standard InChI is InChI=1S/C13H10BF5O/c1-20-9-5-8(16)11(17)10(12(9)18)14-13(19)4-2-3-7(15)6-13/h2-5,14H,6H2,1H3. The predicted molar refractivity (Wildman–Crippen MR) is 66.4 cm³/mol. The van der Waals surface area contributed by atoms with E-state index in [9.17, 15) is 22.0 Å². The van der Waals surface area contributed by atoms with Crippen LogP contribution >= 0.6 is 0 Å². The van der Waals surface area contributed by atoms with Gasteiger partial charge in [0, 0.05) is 12.5 Å². The Bertz CT molecular complexity index is 599. The minimum atomic E-state index is -2.31. The highest BCUT2D eigenvalue weighted by Gasteiger charge is 2.35. The SMILES string of the molecule is COc1cc(F)c(F)c(BC2(F)C=CC=C(F)C2)c1F. The molecule has 1 unspecified atom stereocenters. The predicted octanol–water partition coefficient (Wildman–Crippen LogP) is 2.65. The van der Waals surface area contributed by atoms with Crippen LogP contribution in [0.5, 0.6) is 5.75 Å². The summed E-state index contributed by atoms with van der Waals surface area (Å²) in [6.45, 7) is 0. The summed E-state index contributed by atoms with van der Waals surface area (Å²) in [4.78, 5) is 0. The molecule has 0 fully saturated rings. The van der Waals surface area contributed by atoms with Crippen molar-refractivity contribution in [2.24, 2.45) is 0 Å².